The van der Waals surface area contributed by atoms with E-state index in [4.69, 9.17) is 4.42 Å². The van der Waals surface area contributed by atoms with Gasteiger partial charge < -0.3 is 9.73 Å². The van der Waals surface area contributed by atoms with Crippen molar-refractivity contribution in [3.8, 4) is 0 Å². The first-order valence-corrected chi connectivity index (χ1v) is 6.28. The molecule has 0 saturated heterocycles. The van der Waals surface area contributed by atoms with Crippen LogP contribution in [0.1, 0.15) is 30.0 Å². The van der Waals surface area contributed by atoms with Gasteiger partial charge in [-0.3, -0.25) is 0 Å². The highest BCUT2D eigenvalue weighted by atomic mass is 16.3. The zero-order valence-electron chi connectivity index (χ0n) is 11.2. The van der Waals surface area contributed by atoms with Crippen molar-refractivity contribution >= 4 is 11.6 Å². The summed E-state index contributed by atoms with van der Waals surface area (Å²) in [6, 6.07) is 7.93. The molecule has 0 aliphatic heterocycles. The van der Waals surface area contributed by atoms with Gasteiger partial charge in [0, 0.05) is 6.20 Å². The topological polar surface area (TPSA) is 55.4 Å². The summed E-state index contributed by atoms with van der Waals surface area (Å²) in [6.45, 7) is 5.98. The van der Waals surface area contributed by atoms with Gasteiger partial charge >= 0.3 is 0 Å². The molecule has 0 saturated carbocycles. The first kappa shape index (κ1) is 11.8. The first-order valence-electron chi connectivity index (χ1n) is 6.28. The fourth-order valence-corrected chi connectivity index (χ4v) is 2.05. The van der Waals surface area contributed by atoms with E-state index in [1.54, 1.807) is 4.52 Å². The van der Waals surface area contributed by atoms with Crippen LogP contribution in [-0.2, 0) is 0 Å². The smallest absolute Gasteiger partial charge is 0.243 e. The van der Waals surface area contributed by atoms with Crippen LogP contribution in [0.15, 0.2) is 34.9 Å². The predicted molar refractivity (Wildman–Crippen MR) is 73.2 cm³/mol. The molecular weight excluding hydrogens is 240 g/mol. The number of aromatic nitrogens is 3. The average molecular weight is 256 g/mol. The molecule has 98 valence electrons. The normalized spacial score (nSPS) is 12.8. The highest BCUT2D eigenvalue weighted by Gasteiger charge is 2.12. The summed E-state index contributed by atoms with van der Waals surface area (Å²) < 4.78 is 7.37. The summed E-state index contributed by atoms with van der Waals surface area (Å²) in [5, 5.41) is 7.65. The van der Waals surface area contributed by atoms with Crippen LogP contribution in [-0.4, -0.2) is 14.6 Å². The van der Waals surface area contributed by atoms with Crippen molar-refractivity contribution in [1.29, 1.82) is 0 Å². The molecule has 0 spiro atoms. The Bertz CT molecular complexity index is 713. The van der Waals surface area contributed by atoms with Crippen LogP contribution in [0.5, 0.6) is 0 Å². The molecule has 3 aromatic heterocycles. The highest BCUT2D eigenvalue weighted by molar-refractivity contribution is 5.50. The minimum Gasteiger partial charge on any atom is -0.464 e. The second kappa shape index (κ2) is 4.42. The zero-order chi connectivity index (χ0) is 13.4. The minimum absolute atomic E-state index is 0.0337. The molecule has 0 amide bonds. The molecule has 0 aliphatic carbocycles. The summed E-state index contributed by atoms with van der Waals surface area (Å²) >= 11 is 0. The van der Waals surface area contributed by atoms with Crippen LogP contribution in [0.2, 0.25) is 0 Å². The summed E-state index contributed by atoms with van der Waals surface area (Å²) in [5.74, 6) is 2.39. The van der Waals surface area contributed by atoms with Gasteiger partial charge in [-0.15, -0.1) is 5.10 Å². The van der Waals surface area contributed by atoms with Gasteiger partial charge in [0.05, 0.1) is 6.04 Å². The van der Waals surface area contributed by atoms with E-state index in [1.807, 2.05) is 51.2 Å². The van der Waals surface area contributed by atoms with Crippen molar-refractivity contribution in [1.82, 2.24) is 14.6 Å². The summed E-state index contributed by atoms with van der Waals surface area (Å²) in [4.78, 5) is 4.48. The van der Waals surface area contributed by atoms with Crippen molar-refractivity contribution in [3.63, 3.8) is 0 Å². The third-order valence-electron chi connectivity index (χ3n) is 3.09. The van der Waals surface area contributed by atoms with Crippen molar-refractivity contribution in [2.24, 2.45) is 0 Å². The molecule has 1 atom stereocenters. The number of nitrogens with zero attached hydrogens (tertiary/aromatic N) is 3. The van der Waals surface area contributed by atoms with Gasteiger partial charge in [0.2, 0.25) is 5.95 Å². The lowest BCUT2D eigenvalue weighted by Gasteiger charge is -2.08. The molecule has 3 heterocycles. The number of fused-ring (bicyclic) bond motifs is 1. The van der Waals surface area contributed by atoms with E-state index in [0.29, 0.717) is 5.95 Å². The van der Waals surface area contributed by atoms with Gasteiger partial charge in [-0.1, -0.05) is 6.07 Å². The first-order chi connectivity index (χ1) is 9.13. The van der Waals surface area contributed by atoms with Crippen LogP contribution in [0.3, 0.4) is 0 Å². The third kappa shape index (κ3) is 2.19. The minimum atomic E-state index is 0.0337. The molecule has 0 aliphatic rings. The number of hydrogen-bond donors (Lipinski definition) is 1. The van der Waals surface area contributed by atoms with Crippen LogP contribution in [0, 0.1) is 13.8 Å². The second-order valence-corrected chi connectivity index (χ2v) is 4.71. The van der Waals surface area contributed by atoms with Gasteiger partial charge in [0.1, 0.15) is 11.5 Å². The number of furan rings is 1. The molecule has 5 heteroatoms. The van der Waals surface area contributed by atoms with Crippen molar-refractivity contribution in [3.05, 3.63) is 47.5 Å². The largest absolute Gasteiger partial charge is 0.464 e. The summed E-state index contributed by atoms with van der Waals surface area (Å²) in [6.07, 6.45) is 1.89. The Morgan fingerprint density at radius 1 is 1.26 bits per heavy atom. The number of rotatable bonds is 3. The van der Waals surface area contributed by atoms with Crippen LogP contribution in [0.25, 0.3) is 5.65 Å². The fourth-order valence-electron chi connectivity index (χ4n) is 2.05. The van der Waals surface area contributed by atoms with Crippen LogP contribution >= 0.6 is 0 Å². The van der Waals surface area contributed by atoms with Crippen LogP contribution < -0.4 is 5.32 Å². The van der Waals surface area contributed by atoms with Crippen molar-refractivity contribution < 1.29 is 4.42 Å². The number of nitrogens with one attached hydrogen (secondary N) is 1. The average Bonchev–Trinajstić information content (AvgIpc) is 2.96. The lowest BCUT2D eigenvalue weighted by Crippen LogP contribution is -2.06. The van der Waals surface area contributed by atoms with E-state index in [1.165, 1.54) is 0 Å². The molecule has 0 bridgehead atoms. The molecule has 1 N–H and O–H groups in total. The van der Waals surface area contributed by atoms with Gasteiger partial charge in [-0.2, -0.15) is 4.98 Å². The molecular formula is C14H16N4O. The maximum Gasteiger partial charge on any atom is 0.243 e. The maximum absolute atomic E-state index is 5.59. The number of pyridine rings is 1. The second-order valence-electron chi connectivity index (χ2n) is 4.71. The Kier molecular flexibility index (Phi) is 2.74. The van der Waals surface area contributed by atoms with E-state index >= 15 is 0 Å². The van der Waals surface area contributed by atoms with E-state index in [-0.39, 0.29) is 6.04 Å². The zero-order valence-corrected chi connectivity index (χ0v) is 11.2. The molecule has 3 rings (SSSR count). The highest BCUT2D eigenvalue weighted by Crippen LogP contribution is 2.20. The quantitative estimate of drug-likeness (QED) is 0.782. The summed E-state index contributed by atoms with van der Waals surface area (Å²) in [5.41, 5.74) is 1.97. The molecule has 0 radical (unpaired) electrons. The Hall–Kier alpha value is -2.30. The summed E-state index contributed by atoms with van der Waals surface area (Å²) in [7, 11) is 0. The molecule has 5 nitrogen and oxygen atoms in total. The van der Waals surface area contributed by atoms with Gasteiger partial charge in [0.25, 0.3) is 0 Å². The molecule has 1 unspecified atom stereocenters. The SMILES string of the molecule is Cc1ccc(C(C)Nc2nc3c(C)cccn3n2)o1. The Morgan fingerprint density at radius 3 is 2.79 bits per heavy atom. The lowest BCUT2D eigenvalue weighted by molar-refractivity contribution is 0.466. The van der Waals surface area contributed by atoms with Gasteiger partial charge in [-0.05, 0) is 44.5 Å². The lowest BCUT2D eigenvalue weighted by atomic mass is 10.2. The van der Waals surface area contributed by atoms with E-state index < -0.39 is 0 Å². The van der Waals surface area contributed by atoms with E-state index in [0.717, 1.165) is 22.7 Å². The Morgan fingerprint density at radius 2 is 2.11 bits per heavy atom. The van der Waals surface area contributed by atoms with Crippen molar-refractivity contribution in [2.75, 3.05) is 5.32 Å². The van der Waals surface area contributed by atoms with Crippen LogP contribution in [0.4, 0.5) is 5.95 Å². The van der Waals surface area contributed by atoms with E-state index in [9.17, 15) is 0 Å². The number of anilines is 1. The molecule has 0 fully saturated rings. The number of hydrogen-bond acceptors (Lipinski definition) is 4. The molecule has 19 heavy (non-hydrogen) atoms. The molecule has 0 aromatic carbocycles. The van der Waals surface area contributed by atoms with E-state index in [2.05, 4.69) is 15.4 Å². The van der Waals surface area contributed by atoms with Crippen molar-refractivity contribution in [2.45, 2.75) is 26.8 Å². The Labute approximate surface area is 111 Å². The maximum atomic E-state index is 5.59. The third-order valence-corrected chi connectivity index (χ3v) is 3.09. The molecule has 3 aromatic rings. The monoisotopic (exact) mass is 256 g/mol. The standard InChI is InChI=1S/C14H16N4O/c1-9-5-4-8-18-13(9)16-14(17-18)15-11(3)12-7-6-10(2)19-12/h4-8,11H,1-3H3,(H,15,17). The van der Waals surface area contributed by atoms with Gasteiger partial charge in [0.15, 0.2) is 5.65 Å². The fraction of sp³-hybridized carbons (Fsp3) is 0.286. The number of aryl methyl sites for hydroxylation is 2. The van der Waals surface area contributed by atoms with Gasteiger partial charge in [-0.25, -0.2) is 4.52 Å². The predicted octanol–water partition coefficient (Wildman–Crippen LogP) is 3.11. The Balaban J connectivity index is 1.87.